The lowest BCUT2D eigenvalue weighted by Crippen LogP contribution is -2.54. The number of nitrogens with zero attached hydrogens (tertiary/aromatic N) is 2. The molecule has 1 N–H and O–H groups in total. The van der Waals surface area contributed by atoms with Gasteiger partial charge in [0.2, 0.25) is 0 Å². The molecule has 0 saturated carbocycles. The Morgan fingerprint density at radius 1 is 1.00 bits per heavy atom. The molecule has 4 rings (SSSR count). The van der Waals surface area contributed by atoms with Crippen molar-refractivity contribution in [3.63, 3.8) is 0 Å². The molecule has 2 aliphatic rings. The second kappa shape index (κ2) is 8.03. The Kier molecular flexibility index (Phi) is 5.28. The first-order valence-electron chi connectivity index (χ1n) is 9.23. The summed E-state index contributed by atoms with van der Waals surface area (Å²) in [6.07, 6.45) is 1.20. The van der Waals surface area contributed by atoms with Crippen LogP contribution in [0.1, 0.15) is 5.56 Å². The number of carbonyl (C=O) groups excluding carboxylic acids is 3. The van der Waals surface area contributed by atoms with Crippen molar-refractivity contribution >= 4 is 35.3 Å². The van der Waals surface area contributed by atoms with Gasteiger partial charge in [0.1, 0.15) is 17.2 Å². The number of rotatable bonds is 3. The van der Waals surface area contributed by atoms with Crippen molar-refractivity contribution in [1.82, 2.24) is 5.32 Å². The topological polar surface area (TPSA) is 79.0 Å². The fraction of sp³-hybridized carbons (Fsp3) is 0.190. The number of imide groups is 2. The van der Waals surface area contributed by atoms with Gasteiger partial charge in [0.05, 0.1) is 24.6 Å². The lowest BCUT2D eigenvalue weighted by molar-refractivity contribution is -0.122. The van der Waals surface area contributed by atoms with Crippen LogP contribution in [0, 0.1) is 11.6 Å². The van der Waals surface area contributed by atoms with Crippen molar-refractivity contribution in [2.24, 2.45) is 0 Å². The van der Waals surface area contributed by atoms with Crippen LogP contribution in [0.3, 0.4) is 0 Å². The molecule has 30 heavy (non-hydrogen) atoms. The Labute approximate surface area is 170 Å². The highest BCUT2D eigenvalue weighted by Crippen LogP contribution is 2.25. The molecule has 2 fully saturated rings. The van der Waals surface area contributed by atoms with Crippen molar-refractivity contribution in [2.45, 2.75) is 0 Å². The highest BCUT2D eigenvalue weighted by atomic mass is 19.1. The van der Waals surface area contributed by atoms with Gasteiger partial charge in [-0.2, -0.15) is 0 Å². The van der Waals surface area contributed by atoms with Gasteiger partial charge in [0.25, 0.3) is 11.8 Å². The Balaban J connectivity index is 1.65. The monoisotopic (exact) mass is 413 g/mol. The van der Waals surface area contributed by atoms with E-state index in [4.69, 9.17) is 4.74 Å². The number of barbiturate groups is 1. The summed E-state index contributed by atoms with van der Waals surface area (Å²) in [5, 5.41) is 2.05. The van der Waals surface area contributed by atoms with E-state index in [0.29, 0.717) is 36.9 Å². The van der Waals surface area contributed by atoms with Gasteiger partial charge in [-0.25, -0.2) is 18.5 Å². The minimum Gasteiger partial charge on any atom is -0.378 e. The maximum atomic E-state index is 14.6. The van der Waals surface area contributed by atoms with E-state index in [0.717, 1.165) is 12.1 Å². The van der Waals surface area contributed by atoms with E-state index in [1.54, 1.807) is 12.1 Å². The maximum absolute atomic E-state index is 14.6. The van der Waals surface area contributed by atoms with Crippen LogP contribution in [-0.4, -0.2) is 44.1 Å². The zero-order chi connectivity index (χ0) is 21.3. The van der Waals surface area contributed by atoms with Crippen LogP contribution < -0.4 is 15.1 Å². The fourth-order valence-corrected chi connectivity index (χ4v) is 3.35. The lowest BCUT2D eigenvalue weighted by Gasteiger charge is -2.29. The van der Waals surface area contributed by atoms with Gasteiger partial charge in [0.15, 0.2) is 0 Å². The summed E-state index contributed by atoms with van der Waals surface area (Å²) in [6, 6.07) is 8.23. The second-order valence-electron chi connectivity index (χ2n) is 6.75. The first-order valence-corrected chi connectivity index (χ1v) is 9.23. The van der Waals surface area contributed by atoms with Crippen LogP contribution in [0.15, 0.2) is 48.0 Å². The standard InChI is InChI=1S/C21H17F2N3O4/c22-14-2-1-3-15(12-14)26-20(28)16(19(27)24-21(26)29)10-13-4-5-18(17(23)11-13)25-6-8-30-9-7-25/h1-5,10-12H,6-9H2,(H,24,27,29)/b16-10+. The van der Waals surface area contributed by atoms with E-state index in [1.807, 2.05) is 10.2 Å². The number of hydrogen-bond donors (Lipinski definition) is 1. The largest absolute Gasteiger partial charge is 0.378 e. The first-order chi connectivity index (χ1) is 14.4. The number of urea groups is 1. The average Bonchev–Trinajstić information content (AvgIpc) is 2.72. The Hall–Kier alpha value is -3.59. The summed E-state index contributed by atoms with van der Waals surface area (Å²) in [6.45, 7) is 2.12. The summed E-state index contributed by atoms with van der Waals surface area (Å²) < 4.78 is 33.4. The molecule has 0 aromatic heterocycles. The van der Waals surface area contributed by atoms with Gasteiger partial charge in [-0.15, -0.1) is 0 Å². The molecule has 2 saturated heterocycles. The molecule has 9 heteroatoms. The van der Waals surface area contributed by atoms with Crippen molar-refractivity contribution in [3.8, 4) is 0 Å². The lowest BCUT2D eigenvalue weighted by atomic mass is 10.1. The molecule has 7 nitrogen and oxygen atoms in total. The fourth-order valence-electron chi connectivity index (χ4n) is 3.35. The summed E-state index contributed by atoms with van der Waals surface area (Å²) in [4.78, 5) is 39.7. The van der Waals surface area contributed by atoms with Crippen LogP contribution in [0.25, 0.3) is 6.08 Å². The van der Waals surface area contributed by atoms with E-state index in [9.17, 15) is 23.2 Å². The summed E-state index contributed by atoms with van der Waals surface area (Å²) in [5.41, 5.74) is 0.287. The molecule has 0 atom stereocenters. The zero-order valence-electron chi connectivity index (χ0n) is 15.7. The number of halogens is 2. The van der Waals surface area contributed by atoms with E-state index in [-0.39, 0.29) is 16.8 Å². The van der Waals surface area contributed by atoms with E-state index < -0.39 is 29.5 Å². The predicted octanol–water partition coefficient (Wildman–Crippen LogP) is 2.47. The molecule has 0 aliphatic carbocycles. The number of anilines is 2. The third-order valence-electron chi connectivity index (χ3n) is 4.80. The number of hydrogen-bond acceptors (Lipinski definition) is 5. The third kappa shape index (κ3) is 3.79. The molecule has 2 aromatic carbocycles. The smallest absolute Gasteiger partial charge is 0.335 e. The molecule has 2 heterocycles. The number of nitrogens with one attached hydrogen (secondary N) is 1. The molecule has 0 spiro atoms. The van der Waals surface area contributed by atoms with Crippen molar-refractivity contribution < 1.29 is 27.9 Å². The van der Waals surface area contributed by atoms with Gasteiger partial charge in [0, 0.05) is 13.1 Å². The molecular weight excluding hydrogens is 396 g/mol. The summed E-state index contributed by atoms with van der Waals surface area (Å²) in [5.74, 6) is -2.98. The van der Waals surface area contributed by atoms with Gasteiger partial charge < -0.3 is 9.64 Å². The van der Waals surface area contributed by atoms with E-state index in [1.165, 1.54) is 24.3 Å². The minimum absolute atomic E-state index is 0.0234. The average molecular weight is 413 g/mol. The van der Waals surface area contributed by atoms with Gasteiger partial charge in [-0.3, -0.25) is 14.9 Å². The van der Waals surface area contributed by atoms with E-state index in [2.05, 4.69) is 0 Å². The van der Waals surface area contributed by atoms with Crippen LogP contribution >= 0.6 is 0 Å². The van der Waals surface area contributed by atoms with Crippen molar-refractivity contribution in [1.29, 1.82) is 0 Å². The van der Waals surface area contributed by atoms with E-state index >= 15 is 0 Å². The number of morpholine rings is 1. The second-order valence-corrected chi connectivity index (χ2v) is 6.75. The minimum atomic E-state index is -0.985. The van der Waals surface area contributed by atoms with Gasteiger partial charge in [-0.1, -0.05) is 12.1 Å². The summed E-state index contributed by atoms with van der Waals surface area (Å²) in [7, 11) is 0. The number of benzene rings is 2. The molecule has 2 aromatic rings. The Bertz CT molecular complexity index is 1060. The molecule has 0 bridgehead atoms. The van der Waals surface area contributed by atoms with Crippen LogP contribution in [-0.2, 0) is 14.3 Å². The zero-order valence-corrected chi connectivity index (χ0v) is 15.7. The quantitative estimate of drug-likeness (QED) is 0.618. The van der Waals surface area contributed by atoms with Crippen LogP contribution in [0.4, 0.5) is 25.0 Å². The Morgan fingerprint density at radius 3 is 2.47 bits per heavy atom. The number of carbonyl (C=O) groups is 3. The molecule has 2 aliphatic heterocycles. The molecular formula is C21H17F2N3O4. The SMILES string of the molecule is O=C1NC(=O)N(c2cccc(F)c2)C(=O)/C1=C/c1ccc(N2CCOCC2)c(F)c1. The first kappa shape index (κ1) is 19.7. The van der Waals surface area contributed by atoms with Gasteiger partial charge >= 0.3 is 6.03 Å². The normalized spacial score (nSPS) is 18.7. The number of ether oxygens (including phenoxy) is 1. The molecule has 0 radical (unpaired) electrons. The predicted molar refractivity (Wildman–Crippen MR) is 105 cm³/mol. The molecule has 4 amide bonds. The van der Waals surface area contributed by atoms with Crippen LogP contribution in [0.2, 0.25) is 0 Å². The molecule has 0 unspecified atom stereocenters. The van der Waals surface area contributed by atoms with Gasteiger partial charge in [-0.05, 0) is 42.0 Å². The molecule has 154 valence electrons. The van der Waals surface area contributed by atoms with Crippen molar-refractivity contribution in [2.75, 3.05) is 36.1 Å². The highest BCUT2D eigenvalue weighted by molar-refractivity contribution is 6.39. The number of amides is 4. The highest BCUT2D eigenvalue weighted by Gasteiger charge is 2.37. The third-order valence-corrected chi connectivity index (χ3v) is 4.80. The summed E-state index contributed by atoms with van der Waals surface area (Å²) >= 11 is 0. The Morgan fingerprint density at radius 2 is 1.77 bits per heavy atom. The van der Waals surface area contributed by atoms with Crippen molar-refractivity contribution in [3.05, 3.63) is 65.2 Å². The van der Waals surface area contributed by atoms with Crippen LogP contribution in [0.5, 0.6) is 0 Å². The maximum Gasteiger partial charge on any atom is 0.335 e.